The molecule has 0 aliphatic heterocycles. The predicted octanol–water partition coefficient (Wildman–Crippen LogP) is 7.33. The summed E-state index contributed by atoms with van der Waals surface area (Å²) in [7, 11) is 1.44. The number of carbonyl (C=O) groups is 1. The predicted molar refractivity (Wildman–Crippen MR) is 136 cm³/mol. The summed E-state index contributed by atoms with van der Waals surface area (Å²) in [5.41, 5.74) is 0.0280. The number of aromatic nitrogens is 2. The van der Waals surface area contributed by atoms with Gasteiger partial charge in [0.1, 0.15) is 22.3 Å². The molecule has 1 aliphatic rings. The van der Waals surface area contributed by atoms with Crippen molar-refractivity contribution in [2.24, 2.45) is 10.9 Å². The Hall–Kier alpha value is -2.24. The minimum atomic E-state index is -0.887. The second-order valence-corrected chi connectivity index (χ2v) is 10.9. The Kier molecular flexibility index (Phi) is 8.76. The second kappa shape index (κ2) is 11.2. The molecule has 1 amide bonds. The summed E-state index contributed by atoms with van der Waals surface area (Å²) >= 11 is 6.54. The van der Waals surface area contributed by atoms with Crippen molar-refractivity contribution >= 4 is 58.9 Å². The fraction of sp³-hybridized carbons (Fsp3) is 0.391. The molecule has 1 heterocycles. The summed E-state index contributed by atoms with van der Waals surface area (Å²) in [6, 6.07) is 4.30. The molecule has 1 aliphatic carbocycles. The molecule has 0 spiro atoms. The molecule has 2 aromatic rings. The van der Waals surface area contributed by atoms with Crippen LogP contribution in [-0.2, 0) is 4.74 Å². The molecule has 188 valence electrons. The average Bonchev–Trinajstić information content (AvgIpc) is 3.42. The number of hydrogen-bond donors (Lipinski definition) is 0. The largest absolute Gasteiger partial charge is 0.443 e. The molecule has 0 bridgehead atoms. The smallest absolute Gasteiger partial charge is 0.428 e. The van der Waals surface area contributed by atoms with Gasteiger partial charge >= 0.3 is 6.09 Å². The van der Waals surface area contributed by atoms with E-state index in [2.05, 4.69) is 15.0 Å². The van der Waals surface area contributed by atoms with Crippen molar-refractivity contribution < 1.29 is 22.2 Å². The van der Waals surface area contributed by atoms with Crippen LogP contribution in [0.15, 0.2) is 35.6 Å². The van der Waals surface area contributed by atoms with Crippen LogP contribution in [0.3, 0.4) is 0 Å². The van der Waals surface area contributed by atoms with Crippen molar-refractivity contribution in [3.8, 4) is 0 Å². The highest BCUT2D eigenvalue weighted by Gasteiger charge is 2.51. The van der Waals surface area contributed by atoms with Crippen molar-refractivity contribution in [3.05, 3.63) is 58.4 Å². The fourth-order valence-corrected chi connectivity index (χ4v) is 5.28. The molecule has 1 aromatic carbocycles. The SMILES string of the molecule is CN=C(SC1C(c2cc(/C=C(\F)c3cnc(Cl)cn3)ccc2F)[C@@H]1C)N(SF)C(=O)OC(C)(C)C. The zero-order valence-corrected chi connectivity index (χ0v) is 22.0. The van der Waals surface area contributed by atoms with E-state index in [-0.39, 0.29) is 45.4 Å². The molecule has 3 atom stereocenters. The number of halogens is 4. The minimum absolute atomic E-state index is 0.00237. The van der Waals surface area contributed by atoms with Crippen LogP contribution in [0.25, 0.3) is 11.9 Å². The first-order chi connectivity index (χ1) is 16.4. The maximum atomic E-state index is 14.7. The third-order valence-corrected chi connectivity index (χ3v) is 7.41. The van der Waals surface area contributed by atoms with Crippen LogP contribution in [-0.4, -0.2) is 43.4 Å². The van der Waals surface area contributed by atoms with Gasteiger partial charge in [0.15, 0.2) is 23.3 Å². The van der Waals surface area contributed by atoms with Gasteiger partial charge in [-0.05, 0) is 56.0 Å². The number of amidine groups is 1. The Bertz CT molecular complexity index is 1140. The van der Waals surface area contributed by atoms with Crippen LogP contribution in [0.2, 0.25) is 5.15 Å². The molecule has 1 aromatic heterocycles. The summed E-state index contributed by atoms with van der Waals surface area (Å²) in [4.78, 5) is 24.1. The lowest BCUT2D eigenvalue weighted by molar-refractivity contribution is 0.0474. The number of benzene rings is 1. The van der Waals surface area contributed by atoms with E-state index >= 15 is 0 Å². The molecule has 2 unspecified atom stereocenters. The maximum Gasteiger partial charge on any atom is 0.428 e. The zero-order chi connectivity index (χ0) is 25.9. The standard InChI is InChI=1S/C23H24ClF3N4O2S2/c1-12-19(20(12)34-21(28-5)31(35-27)22(32)33-23(2,3)4)14-8-13(6-7-15(14)25)9-16(26)17-10-30-18(24)11-29-17/h6-12,19-20H,1-5H3/b16-9-,28-21?/t12-,19?,20?/m0/s1. The summed E-state index contributed by atoms with van der Waals surface area (Å²) in [5, 5.41) is 0.0738. The molecule has 1 saturated carbocycles. The number of nitrogens with zero attached hydrogens (tertiary/aromatic N) is 4. The van der Waals surface area contributed by atoms with Crippen LogP contribution >= 0.6 is 35.7 Å². The highest BCUT2D eigenvalue weighted by Crippen LogP contribution is 2.56. The normalized spacial score (nSPS) is 20.5. The van der Waals surface area contributed by atoms with Crippen LogP contribution in [0.1, 0.15) is 50.4 Å². The monoisotopic (exact) mass is 544 g/mol. The first kappa shape index (κ1) is 27.3. The highest BCUT2D eigenvalue weighted by atomic mass is 35.5. The molecule has 6 nitrogen and oxygen atoms in total. The van der Waals surface area contributed by atoms with Gasteiger partial charge in [-0.2, -0.15) is 4.31 Å². The van der Waals surface area contributed by atoms with Gasteiger partial charge in [0.25, 0.3) is 0 Å². The van der Waals surface area contributed by atoms with Crippen molar-refractivity contribution in [1.29, 1.82) is 0 Å². The van der Waals surface area contributed by atoms with Gasteiger partial charge in [0.05, 0.1) is 12.4 Å². The quantitative estimate of drug-likeness (QED) is 0.223. The number of rotatable bonds is 5. The topological polar surface area (TPSA) is 67.7 Å². The third-order valence-electron chi connectivity index (χ3n) is 5.07. The number of aliphatic imine (C=N–C) groups is 1. The van der Waals surface area contributed by atoms with Gasteiger partial charge in [-0.1, -0.05) is 36.4 Å². The number of ether oxygens (including phenoxy) is 1. The maximum absolute atomic E-state index is 14.7. The van der Waals surface area contributed by atoms with E-state index in [1.54, 1.807) is 26.8 Å². The molecule has 0 radical (unpaired) electrons. The van der Waals surface area contributed by atoms with E-state index in [0.29, 0.717) is 11.1 Å². The first-order valence-corrected chi connectivity index (χ1v) is 12.5. The lowest BCUT2D eigenvalue weighted by Gasteiger charge is -2.24. The van der Waals surface area contributed by atoms with Gasteiger partial charge in [-0.25, -0.2) is 23.5 Å². The van der Waals surface area contributed by atoms with E-state index in [9.17, 15) is 17.5 Å². The number of amides is 1. The van der Waals surface area contributed by atoms with E-state index in [1.165, 1.54) is 37.7 Å². The summed E-state index contributed by atoms with van der Waals surface area (Å²) in [6.45, 7) is 6.94. The number of thioether (sulfide) groups is 1. The van der Waals surface area contributed by atoms with Crippen LogP contribution < -0.4 is 0 Å². The lowest BCUT2D eigenvalue weighted by atomic mass is 10.0. The molecule has 1 fully saturated rings. The summed E-state index contributed by atoms with van der Waals surface area (Å²) < 4.78 is 49.0. The highest BCUT2D eigenvalue weighted by molar-refractivity contribution is 8.15. The zero-order valence-electron chi connectivity index (χ0n) is 19.6. The molecule has 3 rings (SSSR count). The van der Waals surface area contributed by atoms with Gasteiger partial charge in [-0.3, -0.25) is 4.99 Å². The van der Waals surface area contributed by atoms with Gasteiger partial charge in [0, 0.05) is 18.2 Å². The van der Waals surface area contributed by atoms with Crippen molar-refractivity contribution in [3.63, 3.8) is 0 Å². The van der Waals surface area contributed by atoms with E-state index in [0.717, 1.165) is 16.1 Å². The van der Waals surface area contributed by atoms with Crippen molar-refractivity contribution in [2.75, 3.05) is 7.05 Å². The molecular weight excluding hydrogens is 521 g/mol. The Morgan fingerprint density at radius 3 is 2.57 bits per heavy atom. The van der Waals surface area contributed by atoms with Crippen molar-refractivity contribution in [2.45, 2.75) is 44.5 Å². The third kappa shape index (κ3) is 6.92. The molecule has 12 heteroatoms. The Balaban J connectivity index is 1.78. The fourth-order valence-electron chi connectivity index (χ4n) is 3.38. The number of hydrogen-bond acceptors (Lipinski definition) is 7. The molecule has 0 N–H and O–H groups in total. The summed E-state index contributed by atoms with van der Waals surface area (Å²) in [5.74, 6) is -1.32. The first-order valence-electron chi connectivity index (χ1n) is 10.5. The van der Waals surface area contributed by atoms with Crippen LogP contribution in [0.4, 0.5) is 17.5 Å². The van der Waals surface area contributed by atoms with Crippen LogP contribution in [0, 0.1) is 11.7 Å². The van der Waals surface area contributed by atoms with E-state index in [1.807, 2.05) is 6.92 Å². The Morgan fingerprint density at radius 1 is 1.29 bits per heavy atom. The van der Waals surface area contributed by atoms with Gasteiger partial charge in [0.2, 0.25) is 0 Å². The summed E-state index contributed by atoms with van der Waals surface area (Å²) in [6.07, 6.45) is 2.79. The molecular formula is C23H24ClF3N4O2S2. The second-order valence-electron chi connectivity index (χ2n) is 8.81. The number of carbonyl (C=O) groups excluding carboxylic acids is 1. The van der Waals surface area contributed by atoms with Crippen LogP contribution in [0.5, 0.6) is 0 Å². The Morgan fingerprint density at radius 2 is 2.00 bits per heavy atom. The molecule has 35 heavy (non-hydrogen) atoms. The minimum Gasteiger partial charge on any atom is -0.443 e. The van der Waals surface area contributed by atoms with Gasteiger partial charge < -0.3 is 4.74 Å². The van der Waals surface area contributed by atoms with Gasteiger partial charge in [-0.15, -0.1) is 3.89 Å². The Labute approximate surface area is 215 Å². The lowest BCUT2D eigenvalue weighted by Crippen LogP contribution is -2.35. The van der Waals surface area contributed by atoms with E-state index in [4.69, 9.17) is 16.3 Å². The average molecular weight is 545 g/mol. The molecule has 0 saturated heterocycles. The van der Waals surface area contributed by atoms with Crippen molar-refractivity contribution in [1.82, 2.24) is 14.3 Å². The van der Waals surface area contributed by atoms with E-state index < -0.39 is 23.3 Å².